The van der Waals surface area contributed by atoms with Gasteiger partial charge in [-0.3, -0.25) is 4.79 Å². The van der Waals surface area contributed by atoms with Crippen LogP contribution in [0.1, 0.15) is 28.4 Å². The molecule has 0 aliphatic carbocycles. The lowest BCUT2D eigenvalue weighted by atomic mass is 10.0. The molecule has 2 aromatic heterocycles. The SMILES string of the molecule is CNc1ncc(Oc2cc(N)nc(-c3ccc(C(N)=O)c(C)c3)c2)cc1C(C)=N. The summed E-state index contributed by atoms with van der Waals surface area (Å²) in [4.78, 5) is 20.1. The number of amides is 1. The molecule has 0 aliphatic rings. The molecule has 3 aromatic rings. The number of nitrogen functional groups attached to an aromatic ring is 1. The van der Waals surface area contributed by atoms with Gasteiger partial charge in [0.05, 0.1) is 11.9 Å². The Kier molecular flexibility index (Phi) is 5.45. The Labute approximate surface area is 168 Å². The van der Waals surface area contributed by atoms with Crippen LogP contribution in [0.4, 0.5) is 11.6 Å². The van der Waals surface area contributed by atoms with Gasteiger partial charge in [-0.05, 0) is 37.6 Å². The fourth-order valence-electron chi connectivity index (χ4n) is 2.95. The normalized spacial score (nSPS) is 10.4. The topological polar surface area (TPSA) is 140 Å². The van der Waals surface area contributed by atoms with Crippen molar-refractivity contribution < 1.29 is 9.53 Å². The first-order valence-corrected chi connectivity index (χ1v) is 8.88. The molecular formula is C21H22N6O2. The number of nitrogens with zero attached hydrogens (tertiary/aromatic N) is 2. The summed E-state index contributed by atoms with van der Waals surface area (Å²) in [6, 6.07) is 10.3. The van der Waals surface area contributed by atoms with Crippen LogP contribution < -0.4 is 21.5 Å². The Balaban J connectivity index is 1.96. The number of carbonyl (C=O) groups excluding carboxylic acids is 1. The molecule has 1 aromatic carbocycles. The summed E-state index contributed by atoms with van der Waals surface area (Å²) in [7, 11) is 1.75. The average Bonchev–Trinajstić information content (AvgIpc) is 2.67. The Bertz CT molecular complexity index is 1110. The summed E-state index contributed by atoms with van der Waals surface area (Å²) in [5.41, 5.74) is 14.9. The van der Waals surface area contributed by atoms with Crippen molar-refractivity contribution in [3.05, 3.63) is 59.3 Å². The van der Waals surface area contributed by atoms with Crippen molar-refractivity contribution in [3.8, 4) is 22.8 Å². The molecule has 0 aliphatic heterocycles. The van der Waals surface area contributed by atoms with Gasteiger partial charge in [0, 0.05) is 41.6 Å². The number of aryl methyl sites for hydroxylation is 1. The fraction of sp³-hybridized carbons (Fsp3) is 0.143. The quantitative estimate of drug-likeness (QED) is 0.476. The van der Waals surface area contributed by atoms with Crippen molar-refractivity contribution >= 4 is 23.3 Å². The van der Waals surface area contributed by atoms with Crippen molar-refractivity contribution in [1.82, 2.24) is 9.97 Å². The summed E-state index contributed by atoms with van der Waals surface area (Å²) in [6.45, 7) is 3.49. The van der Waals surface area contributed by atoms with Crippen molar-refractivity contribution in [2.45, 2.75) is 13.8 Å². The van der Waals surface area contributed by atoms with Crippen molar-refractivity contribution in [3.63, 3.8) is 0 Å². The van der Waals surface area contributed by atoms with E-state index >= 15 is 0 Å². The summed E-state index contributed by atoms with van der Waals surface area (Å²) < 4.78 is 5.92. The number of rotatable bonds is 6. The monoisotopic (exact) mass is 390 g/mol. The van der Waals surface area contributed by atoms with Gasteiger partial charge in [-0.15, -0.1) is 0 Å². The molecule has 148 valence electrons. The minimum atomic E-state index is -0.478. The van der Waals surface area contributed by atoms with E-state index in [2.05, 4.69) is 15.3 Å². The van der Waals surface area contributed by atoms with Crippen LogP contribution in [0.5, 0.6) is 11.5 Å². The smallest absolute Gasteiger partial charge is 0.248 e. The molecule has 0 unspecified atom stereocenters. The maximum absolute atomic E-state index is 11.4. The van der Waals surface area contributed by atoms with Crippen LogP contribution in [-0.4, -0.2) is 28.6 Å². The van der Waals surface area contributed by atoms with Gasteiger partial charge in [0.1, 0.15) is 23.1 Å². The molecule has 0 fully saturated rings. The summed E-state index contributed by atoms with van der Waals surface area (Å²) in [5.74, 6) is 1.37. The molecule has 6 N–H and O–H groups in total. The predicted octanol–water partition coefficient (Wildman–Crippen LogP) is 3.35. The van der Waals surface area contributed by atoms with E-state index in [-0.39, 0.29) is 5.82 Å². The largest absolute Gasteiger partial charge is 0.456 e. The van der Waals surface area contributed by atoms with E-state index in [0.717, 1.165) is 11.1 Å². The highest BCUT2D eigenvalue weighted by Gasteiger charge is 2.12. The van der Waals surface area contributed by atoms with E-state index in [4.69, 9.17) is 21.6 Å². The molecule has 0 saturated heterocycles. The van der Waals surface area contributed by atoms with Gasteiger partial charge in [-0.25, -0.2) is 9.97 Å². The van der Waals surface area contributed by atoms with Crippen molar-refractivity contribution in [2.75, 3.05) is 18.1 Å². The van der Waals surface area contributed by atoms with Gasteiger partial charge < -0.3 is 26.9 Å². The first kappa shape index (κ1) is 19.8. The standard InChI is InChI=1S/C21H22N6O2/c1-11-6-13(4-5-16(11)20(24)28)18-8-14(9-19(23)27-18)29-15-7-17(12(2)22)21(25-3)26-10-15/h4-10,22H,1-3H3,(H2,23,27)(H2,24,28)(H,25,26). The van der Waals surface area contributed by atoms with Gasteiger partial charge in [0.25, 0.3) is 0 Å². The number of benzene rings is 1. The molecule has 0 atom stereocenters. The molecule has 1 amide bonds. The number of carbonyl (C=O) groups is 1. The van der Waals surface area contributed by atoms with E-state index in [1.54, 1.807) is 50.5 Å². The third-order valence-electron chi connectivity index (χ3n) is 4.35. The van der Waals surface area contributed by atoms with Crippen LogP contribution in [0.25, 0.3) is 11.3 Å². The van der Waals surface area contributed by atoms with E-state index in [1.807, 2.05) is 13.0 Å². The van der Waals surface area contributed by atoms with Gasteiger partial charge in [-0.2, -0.15) is 0 Å². The lowest BCUT2D eigenvalue weighted by molar-refractivity contribution is 0.0999. The Morgan fingerprint density at radius 1 is 1.14 bits per heavy atom. The molecule has 8 heteroatoms. The van der Waals surface area contributed by atoms with Crippen LogP contribution in [0.3, 0.4) is 0 Å². The van der Waals surface area contributed by atoms with Crippen LogP contribution in [0.15, 0.2) is 42.6 Å². The zero-order valence-corrected chi connectivity index (χ0v) is 16.4. The highest BCUT2D eigenvalue weighted by molar-refractivity contribution is 6.00. The lowest BCUT2D eigenvalue weighted by Gasteiger charge is -2.12. The van der Waals surface area contributed by atoms with Crippen LogP contribution in [0, 0.1) is 12.3 Å². The number of nitrogens with one attached hydrogen (secondary N) is 2. The molecule has 29 heavy (non-hydrogen) atoms. The first-order chi connectivity index (χ1) is 13.8. The number of ether oxygens (including phenoxy) is 1. The molecule has 8 nitrogen and oxygen atoms in total. The number of anilines is 2. The molecule has 0 bridgehead atoms. The Morgan fingerprint density at radius 3 is 2.52 bits per heavy atom. The Hall–Kier alpha value is -3.94. The van der Waals surface area contributed by atoms with Gasteiger partial charge in [0.2, 0.25) is 5.91 Å². The molecule has 0 saturated carbocycles. The van der Waals surface area contributed by atoms with Crippen LogP contribution in [-0.2, 0) is 0 Å². The van der Waals surface area contributed by atoms with E-state index in [9.17, 15) is 4.79 Å². The Morgan fingerprint density at radius 2 is 1.90 bits per heavy atom. The maximum Gasteiger partial charge on any atom is 0.248 e. The molecule has 3 rings (SSSR count). The van der Waals surface area contributed by atoms with E-state index in [1.165, 1.54) is 0 Å². The number of aromatic nitrogens is 2. The van der Waals surface area contributed by atoms with Gasteiger partial charge >= 0.3 is 0 Å². The summed E-state index contributed by atoms with van der Waals surface area (Å²) in [5, 5.41) is 10.9. The molecule has 0 spiro atoms. The van der Waals surface area contributed by atoms with Crippen molar-refractivity contribution in [2.24, 2.45) is 5.73 Å². The zero-order valence-electron chi connectivity index (χ0n) is 16.4. The van der Waals surface area contributed by atoms with E-state index in [0.29, 0.717) is 39.8 Å². The maximum atomic E-state index is 11.4. The zero-order chi connectivity index (χ0) is 21.1. The van der Waals surface area contributed by atoms with Crippen LogP contribution >= 0.6 is 0 Å². The summed E-state index contributed by atoms with van der Waals surface area (Å²) >= 11 is 0. The third kappa shape index (κ3) is 4.32. The minimum absolute atomic E-state index is 0.289. The second kappa shape index (κ2) is 7.97. The molecule has 0 radical (unpaired) electrons. The van der Waals surface area contributed by atoms with Crippen molar-refractivity contribution in [1.29, 1.82) is 5.41 Å². The van der Waals surface area contributed by atoms with E-state index < -0.39 is 5.91 Å². The van der Waals surface area contributed by atoms with Gasteiger partial charge in [-0.1, -0.05) is 6.07 Å². The second-order valence-electron chi connectivity index (χ2n) is 6.55. The van der Waals surface area contributed by atoms with Crippen LogP contribution in [0.2, 0.25) is 0 Å². The first-order valence-electron chi connectivity index (χ1n) is 8.88. The average molecular weight is 390 g/mol. The number of nitrogens with two attached hydrogens (primary N) is 2. The minimum Gasteiger partial charge on any atom is -0.456 e. The predicted molar refractivity (Wildman–Crippen MR) is 114 cm³/mol. The number of pyridine rings is 2. The fourth-order valence-corrected chi connectivity index (χ4v) is 2.95. The molecular weight excluding hydrogens is 368 g/mol. The molecule has 2 heterocycles. The second-order valence-corrected chi connectivity index (χ2v) is 6.55. The number of hydrogen-bond donors (Lipinski definition) is 4. The lowest BCUT2D eigenvalue weighted by Crippen LogP contribution is -2.12. The number of hydrogen-bond acceptors (Lipinski definition) is 7. The highest BCUT2D eigenvalue weighted by Crippen LogP contribution is 2.30. The van der Waals surface area contributed by atoms with Gasteiger partial charge in [0.15, 0.2) is 0 Å². The summed E-state index contributed by atoms with van der Waals surface area (Å²) in [6.07, 6.45) is 1.57. The third-order valence-corrected chi connectivity index (χ3v) is 4.35. The number of primary amides is 1. The highest BCUT2D eigenvalue weighted by atomic mass is 16.5.